The summed E-state index contributed by atoms with van der Waals surface area (Å²) in [5.74, 6) is 0.806. The number of benzene rings is 2. The fourth-order valence-corrected chi connectivity index (χ4v) is 2.71. The second kappa shape index (κ2) is 9.48. The summed E-state index contributed by atoms with van der Waals surface area (Å²) >= 11 is 0. The molecule has 3 rings (SSSR count). The number of aromatic nitrogens is 2. The molecule has 1 unspecified atom stereocenters. The first kappa shape index (κ1) is 21.6. The van der Waals surface area contributed by atoms with Crippen molar-refractivity contribution in [2.75, 3.05) is 0 Å². The van der Waals surface area contributed by atoms with Crippen LogP contribution < -0.4 is 11.1 Å². The molecule has 1 aromatic heterocycles. The Morgan fingerprint density at radius 2 is 1.75 bits per heavy atom. The Kier molecular flexibility index (Phi) is 7.31. The standard InChI is InChI=1S/C21H24N4O2.ClH/c1-13(2)18(23-20(26)17-8-4-14(3)5-9-17)21-24-19(25-27-21)16-10-6-15(12-22)7-11-16;/h4-11,13,18H,12,22H2,1-3H3,(H,23,26);1H. The average Bonchev–Trinajstić information content (AvgIpc) is 3.16. The average molecular weight is 401 g/mol. The molecule has 0 aliphatic heterocycles. The van der Waals surface area contributed by atoms with E-state index in [2.05, 4.69) is 15.5 Å². The Bertz CT molecular complexity index is 905. The number of rotatable bonds is 6. The summed E-state index contributed by atoms with van der Waals surface area (Å²) in [5.41, 5.74) is 9.21. The van der Waals surface area contributed by atoms with Crippen LogP contribution in [-0.4, -0.2) is 16.0 Å². The molecule has 6 nitrogen and oxygen atoms in total. The maximum Gasteiger partial charge on any atom is 0.251 e. The largest absolute Gasteiger partial charge is 0.340 e. The number of amides is 1. The van der Waals surface area contributed by atoms with E-state index in [-0.39, 0.29) is 30.3 Å². The van der Waals surface area contributed by atoms with Gasteiger partial charge in [0.1, 0.15) is 6.04 Å². The molecule has 0 radical (unpaired) electrons. The number of hydrogen-bond acceptors (Lipinski definition) is 5. The van der Waals surface area contributed by atoms with Crippen molar-refractivity contribution in [3.8, 4) is 11.4 Å². The van der Waals surface area contributed by atoms with Crippen LogP contribution in [0.3, 0.4) is 0 Å². The third-order valence-corrected chi connectivity index (χ3v) is 4.42. The molecule has 0 fully saturated rings. The lowest BCUT2D eigenvalue weighted by atomic mass is 10.0. The van der Waals surface area contributed by atoms with Crippen molar-refractivity contribution in [1.29, 1.82) is 0 Å². The van der Waals surface area contributed by atoms with E-state index in [0.29, 0.717) is 23.8 Å². The molecule has 0 spiro atoms. The van der Waals surface area contributed by atoms with E-state index in [1.807, 2.05) is 57.2 Å². The van der Waals surface area contributed by atoms with Crippen LogP contribution in [0.25, 0.3) is 11.4 Å². The van der Waals surface area contributed by atoms with Gasteiger partial charge < -0.3 is 15.6 Å². The number of carbonyl (C=O) groups excluding carboxylic acids is 1. The van der Waals surface area contributed by atoms with E-state index in [4.69, 9.17) is 10.3 Å². The topological polar surface area (TPSA) is 94.0 Å². The lowest BCUT2D eigenvalue weighted by Gasteiger charge is -2.18. The van der Waals surface area contributed by atoms with E-state index in [1.165, 1.54) is 0 Å². The molecular weight excluding hydrogens is 376 g/mol. The van der Waals surface area contributed by atoms with E-state index in [0.717, 1.165) is 16.7 Å². The first-order valence-electron chi connectivity index (χ1n) is 8.98. The maximum atomic E-state index is 12.6. The van der Waals surface area contributed by atoms with Gasteiger partial charge in [-0.15, -0.1) is 12.4 Å². The second-order valence-electron chi connectivity index (χ2n) is 6.92. The highest BCUT2D eigenvalue weighted by Crippen LogP contribution is 2.24. The molecule has 0 aliphatic carbocycles. The summed E-state index contributed by atoms with van der Waals surface area (Å²) in [4.78, 5) is 17.1. The summed E-state index contributed by atoms with van der Waals surface area (Å²) in [6.07, 6.45) is 0. The van der Waals surface area contributed by atoms with Crippen molar-refractivity contribution >= 4 is 18.3 Å². The predicted octanol–water partition coefficient (Wildman–Crippen LogP) is 4.05. The Morgan fingerprint density at radius 1 is 1.11 bits per heavy atom. The lowest BCUT2D eigenvalue weighted by molar-refractivity contribution is 0.0914. The molecule has 1 atom stereocenters. The number of nitrogens with two attached hydrogens (primary N) is 1. The van der Waals surface area contributed by atoms with Crippen LogP contribution >= 0.6 is 12.4 Å². The van der Waals surface area contributed by atoms with Crippen LogP contribution in [0.1, 0.15) is 47.3 Å². The minimum Gasteiger partial charge on any atom is -0.340 e. The van der Waals surface area contributed by atoms with Crippen LogP contribution in [0.5, 0.6) is 0 Å². The van der Waals surface area contributed by atoms with Crippen LogP contribution in [-0.2, 0) is 6.54 Å². The molecule has 1 heterocycles. The number of aryl methyl sites for hydroxylation is 1. The number of nitrogens with one attached hydrogen (secondary N) is 1. The molecule has 28 heavy (non-hydrogen) atoms. The molecule has 7 heteroatoms. The van der Waals surface area contributed by atoms with E-state index in [1.54, 1.807) is 12.1 Å². The van der Waals surface area contributed by atoms with E-state index < -0.39 is 0 Å². The highest BCUT2D eigenvalue weighted by Gasteiger charge is 2.25. The van der Waals surface area contributed by atoms with Gasteiger partial charge in [-0.05, 0) is 30.5 Å². The summed E-state index contributed by atoms with van der Waals surface area (Å²) in [5, 5.41) is 7.07. The summed E-state index contributed by atoms with van der Waals surface area (Å²) in [6, 6.07) is 14.8. The predicted molar refractivity (Wildman–Crippen MR) is 111 cm³/mol. The monoisotopic (exact) mass is 400 g/mol. The Balaban J connectivity index is 0.00000280. The van der Waals surface area contributed by atoms with Crippen molar-refractivity contribution < 1.29 is 9.32 Å². The second-order valence-corrected chi connectivity index (χ2v) is 6.92. The summed E-state index contributed by atoms with van der Waals surface area (Å²) < 4.78 is 5.45. The molecule has 0 saturated carbocycles. The van der Waals surface area contributed by atoms with Gasteiger partial charge >= 0.3 is 0 Å². The molecule has 3 N–H and O–H groups in total. The van der Waals surface area contributed by atoms with Crippen molar-refractivity contribution in [3.05, 3.63) is 71.1 Å². The van der Waals surface area contributed by atoms with Gasteiger partial charge in [0, 0.05) is 17.7 Å². The molecule has 148 valence electrons. The zero-order valence-electron chi connectivity index (χ0n) is 16.2. The van der Waals surface area contributed by atoms with Gasteiger partial charge in [0.2, 0.25) is 11.7 Å². The quantitative estimate of drug-likeness (QED) is 0.650. The molecule has 0 aliphatic rings. The van der Waals surface area contributed by atoms with Crippen molar-refractivity contribution in [2.45, 2.75) is 33.4 Å². The van der Waals surface area contributed by atoms with Crippen LogP contribution in [0.2, 0.25) is 0 Å². The van der Waals surface area contributed by atoms with Crippen molar-refractivity contribution in [3.63, 3.8) is 0 Å². The third kappa shape index (κ3) is 4.97. The first-order chi connectivity index (χ1) is 13.0. The summed E-state index contributed by atoms with van der Waals surface area (Å²) in [6.45, 7) is 6.47. The van der Waals surface area contributed by atoms with Gasteiger partial charge in [-0.25, -0.2) is 0 Å². The smallest absolute Gasteiger partial charge is 0.251 e. The molecular formula is C21H25ClN4O2. The molecule has 3 aromatic rings. The minimum atomic E-state index is -0.372. The van der Waals surface area contributed by atoms with Gasteiger partial charge in [-0.3, -0.25) is 4.79 Å². The zero-order chi connectivity index (χ0) is 19.4. The lowest BCUT2D eigenvalue weighted by Crippen LogP contribution is -2.32. The summed E-state index contributed by atoms with van der Waals surface area (Å²) in [7, 11) is 0. The normalized spacial score (nSPS) is 11.8. The van der Waals surface area contributed by atoms with Gasteiger partial charge in [0.05, 0.1) is 0 Å². The van der Waals surface area contributed by atoms with Gasteiger partial charge in [-0.1, -0.05) is 61.0 Å². The number of carbonyl (C=O) groups is 1. The fourth-order valence-electron chi connectivity index (χ4n) is 2.71. The van der Waals surface area contributed by atoms with Gasteiger partial charge in [0.15, 0.2) is 0 Å². The van der Waals surface area contributed by atoms with E-state index in [9.17, 15) is 4.79 Å². The van der Waals surface area contributed by atoms with Crippen molar-refractivity contribution in [2.24, 2.45) is 11.7 Å². The van der Waals surface area contributed by atoms with Crippen LogP contribution in [0.15, 0.2) is 53.1 Å². The molecule has 0 bridgehead atoms. The Labute approximate surface area is 170 Å². The van der Waals surface area contributed by atoms with Crippen LogP contribution in [0, 0.1) is 12.8 Å². The van der Waals surface area contributed by atoms with Crippen molar-refractivity contribution in [1.82, 2.24) is 15.5 Å². The maximum absolute atomic E-state index is 12.6. The Morgan fingerprint density at radius 3 is 2.32 bits per heavy atom. The number of halogens is 1. The number of hydrogen-bond donors (Lipinski definition) is 2. The van der Waals surface area contributed by atoms with Crippen LogP contribution in [0.4, 0.5) is 0 Å². The molecule has 1 amide bonds. The number of nitrogens with zero attached hydrogens (tertiary/aromatic N) is 2. The van der Waals surface area contributed by atoms with Gasteiger partial charge in [-0.2, -0.15) is 4.98 Å². The Hall–Kier alpha value is -2.70. The highest BCUT2D eigenvalue weighted by molar-refractivity contribution is 5.94. The SMILES string of the molecule is Cc1ccc(C(=O)NC(c2nc(-c3ccc(CN)cc3)no2)C(C)C)cc1.Cl. The minimum absolute atomic E-state index is 0. The third-order valence-electron chi connectivity index (χ3n) is 4.42. The zero-order valence-corrected chi connectivity index (χ0v) is 17.0. The molecule has 0 saturated heterocycles. The first-order valence-corrected chi connectivity index (χ1v) is 8.98. The van der Waals surface area contributed by atoms with Gasteiger partial charge in [0.25, 0.3) is 5.91 Å². The van der Waals surface area contributed by atoms with E-state index >= 15 is 0 Å². The fraction of sp³-hybridized carbons (Fsp3) is 0.286. The highest BCUT2D eigenvalue weighted by atomic mass is 35.5. The molecule has 2 aromatic carbocycles.